The summed E-state index contributed by atoms with van der Waals surface area (Å²) in [6, 6.07) is 0. The Hall–Kier alpha value is -1.43. The van der Waals surface area contributed by atoms with Crippen LogP contribution < -0.4 is 0 Å². The molecule has 2 heterocycles. The smallest absolute Gasteiger partial charge is 0.177 e. The number of hydrogen-bond donors (Lipinski definition) is 1. The first-order valence-corrected chi connectivity index (χ1v) is 5.45. The Labute approximate surface area is 74.8 Å². The lowest BCUT2D eigenvalue weighted by atomic mass is 10.4. The second kappa shape index (κ2) is 2.53. The highest BCUT2D eigenvalue weighted by molar-refractivity contribution is 7.91. The molecular formula is C7H7N3O2S. The Balaban J connectivity index is 2.87. The van der Waals surface area contributed by atoms with Gasteiger partial charge in [0.25, 0.3) is 0 Å². The van der Waals surface area contributed by atoms with Crippen LogP contribution in [0.2, 0.25) is 0 Å². The van der Waals surface area contributed by atoms with Crippen molar-refractivity contribution < 1.29 is 8.42 Å². The zero-order chi connectivity index (χ0) is 9.47. The minimum Gasteiger partial charge on any atom is -0.345 e. The molecule has 1 N–H and O–H groups in total. The average Bonchev–Trinajstić information content (AvgIpc) is 2.45. The van der Waals surface area contributed by atoms with Crippen molar-refractivity contribution in [3.63, 3.8) is 0 Å². The third kappa shape index (κ3) is 1.29. The number of rotatable bonds is 1. The molecule has 0 radical (unpaired) electrons. The highest BCUT2D eigenvalue weighted by atomic mass is 32.2. The van der Waals surface area contributed by atoms with Gasteiger partial charge in [0.1, 0.15) is 12.0 Å². The third-order valence-electron chi connectivity index (χ3n) is 1.72. The molecule has 0 aliphatic rings. The number of fused-ring (bicyclic) bond motifs is 1. The van der Waals surface area contributed by atoms with Crippen LogP contribution in [0.4, 0.5) is 0 Å². The van der Waals surface area contributed by atoms with E-state index in [1.54, 1.807) is 0 Å². The minimum absolute atomic E-state index is 0.239. The van der Waals surface area contributed by atoms with Crippen LogP contribution in [-0.2, 0) is 9.84 Å². The molecule has 0 saturated heterocycles. The van der Waals surface area contributed by atoms with Gasteiger partial charge in [-0.3, -0.25) is 0 Å². The molecule has 2 aromatic heterocycles. The van der Waals surface area contributed by atoms with E-state index in [9.17, 15) is 8.42 Å². The average molecular weight is 197 g/mol. The molecule has 0 fully saturated rings. The predicted molar refractivity (Wildman–Crippen MR) is 47.0 cm³/mol. The fraction of sp³-hybridized carbons (Fsp3) is 0.143. The highest BCUT2D eigenvalue weighted by Crippen LogP contribution is 2.19. The molecule has 2 aromatic rings. The molecule has 0 aliphatic carbocycles. The molecule has 6 heteroatoms. The highest BCUT2D eigenvalue weighted by Gasteiger charge is 2.13. The Kier molecular flexibility index (Phi) is 1.59. The van der Waals surface area contributed by atoms with E-state index in [1.165, 1.54) is 18.7 Å². The minimum atomic E-state index is -3.20. The summed E-state index contributed by atoms with van der Waals surface area (Å²) in [6.07, 6.45) is 5.43. The quantitative estimate of drug-likeness (QED) is 0.716. The molecule has 5 nitrogen and oxygen atoms in total. The van der Waals surface area contributed by atoms with Gasteiger partial charge < -0.3 is 4.98 Å². The van der Waals surface area contributed by atoms with Gasteiger partial charge in [-0.05, 0) is 0 Å². The number of aromatic amines is 1. The van der Waals surface area contributed by atoms with E-state index < -0.39 is 9.84 Å². The van der Waals surface area contributed by atoms with Crippen LogP contribution in [0.1, 0.15) is 0 Å². The van der Waals surface area contributed by atoms with Crippen LogP contribution in [0.25, 0.3) is 11.0 Å². The van der Waals surface area contributed by atoms with E-state index in [-0.39, 0.29) is 4.90 Å². The van der Waals surface area contributed by atoms with E-state index in [2.05, 4.69) is 15.0 Å². The topological polar surface area (TPSA) is 75.7 Å². The molecular weight excluding hydrogens is 190 g/mol. The maximum Gasteiger partial charge on any atom is 0.177 e. The van der Waals surface area contributed by atoms with Gasteiger partial charge in [-0.1, -0.05) is 0 Å². The lowest BCUT2D eigenvalue weighted by molar-refractivity contribution is 0.602. The van der Waals surface area contributed by atoms with Crippen LogP contribution in [-0.4, -0.2) is 29.6 Å². The molecule has 0 aromatic carbocycles. The normalized spacial score (nSPS) is 12.1. The summed E-state index contributed by atoms with van der Waals surface area (Å²) in [5.41, 5.74) is 0.537. The van der Waals surface area contributed by atoms with Gasteiger partial charge in [0.05, 0.1) is 10.3 Å². The molecule has 0 unspecified atom stereocenters. The fourth-order valence-electron chi connectivity index (χ4n) is 1.14. The number of H-pyrrole nitrogens is 1. The maximum absolute atomic E-state index is 11.2. The van der Waals surface area contributed by atoms with Crippen molar-refractivity contribution in [3.05, 3.63) is 18.7 Å². The molecule has 0 amide bonds. The van der Waals surface area contributed by atoms with E-state index in [0.29, 0.717) is 11.0 Å². The van der Waals surface area contributed by atoms with Crippen molar-refractivity contribution in [1.29, 1.82) is 0 Å². The molecule has 0 spiro atoms. The zero-order valence-electron chi connectivity index (χ0n) is 6.85. The fourth-order valence-corrected chi connectivity index (χ4v) is 1.97. The van der Waals surface area contributed by atoms with Crippen LogP contribution in [0.15, 0.2) is 23.6 Å². The Morgan fingerprint density at radius 2 is 2.23 bits per heavy atom. The lowest BCUT2D eigenvalue weighted by Gasteiger charge is -1.92. The van der Waals surface area contributed by atoms with Crippen LogP contribution >= 0.6 is 0 Å². The van der Waals surface area contributed by atoms with Gasteiger partial charge in [0.2, 0.25) is 0 Å². The molecule has 2 rings (SSSR count). The third-order valence-corrected chi connectivity index (χ3v) is 2.85. The van der Waals surface area contributed by atoms with Crippen molar-refractivity contribution in [3.8, 4) is 0 Å². The van der Waals surface area contributed by atoms with Crippen LogP contribution in [0.5, 0.6) is 0 Å². The van der Waals surface area contributed by atoms with Gasteiger partial charge >= 0.3 is 0 Å². The monoisotopic (exact) mass is 197 g/mol. The van der Waals surface area contributed by atoms with E-state index >= 15 is 0 Å². The van der Waals surface area contributed by atoms with Gasteiger partial charge in [-0.15, -0.1) is 0 Å². The first-order chi connectivity index (χ1) is 6.09. The molecule has 0 bridgehead atoms. The number of nitrogens with one attached hydrogen (secondary N) is 1. The standard InChI is InChI=1S/C7H7N3O2S/c1-13(11,12)6-3-9-7-5(6)2-8-4-10-7/h2-4H,1H3,(H,8,9,10). The van der Waals surface area contributed by atoms with Gasteiger partial charge in [-0.25, -0.2) is 18.4 Å². The van der Waals surface area contributed by atoms with Gasteiger partial charge in [0, 0.05) is 18.6 Å². The van der Waals surface area contributed by atoms with Crippen LogP contribution in [0.3, 0.4) is 0 Å². The SMILES string of the molecule is CS(=O)(=O)c1c[nH]c2ncncc12. The second-order valence-corrected chi connectivity index (χ2v) is 4.69. The summed E-state index contributed by atoms with van der Waals surface area (Å²) in [5.74, 6) is 0. The summed E-state index contributed by atoms with van der Waals surface area (Å²) in [7, 11) is -3.20. The first kappa shape index (κ1) is 8.18. The number of aromatic nitrogens is 3. The zero-order valence-corrected chi connectivity index (χ0v) is 7.67. The Bertz CT molecular complexity index is 544. The Morgan fingerprint density at radius 1 is 1.46 bits per heavy atom. The summed E-state index contributed by atoms with van der Waals surface area (Å²) < 4.78 is 22.5. The van der Waals surface area contributed by atoms with Crippen molar-refractivity contribution in [1.82, 2.24) is 15.0 Å². The largest absolute Gasteiger partial charge is 0.345 e. The number of hydrogen-bond acceptors (Lipinski definition) is 4. The number of nitrogens with zero attached hydrogens (tertiary/aromatic N) is 2. The van der Waals surface area contributed by atoms with Crippen molar-refractivity contribution in [2.24, 2.45) is 0 Å². The van der Waals surface area contributed by atoms with E-state index in [4.69, 9.17) is 0 Å². The summed E-state index contributed by atoms with van der Waals surface area (Å²) in [6.45, 7) is 0. The first-order valence-electron chi connectivity index (χ1n) is 3.56. The summed E-state index contributed by atoms with van der Waals surface area (Å²) >= 11 is 0. The molecule has 0 saturated carbocycles. The second-order valence-electron chi connectivity index (χ2n) is 2.71. The lowest BCUT2D eigenvalue weighted by Crippen LogP contribution is -1.95. The van der Waals surface area contributed by atoms with Crippen molar-refractivity contribution in [2.75, 3.05) is 6.26 Å². The van der Waals surface area contributed by atoms with E-state index in [0.717, 1.165) is 6.26 Å². The molecule has 68 valence electrons. The summed E-state index contributed by atoms with van der Waals surface area (Å²) in [4.78, 5) is 10.7. The molecule has 0 aliphatic heterocycles. The van der Waals surface area contributed by atoms with Crippen molar-refractivity contribution in [2.45, 2.75) is 4.90 Å². The number of sulfone groups is 1. The predicted octanol–water partition coefficient (Wildman–Crippen LogP) is 0.361. The van der Waals surface area contributed by atoms with Gasteiger partial charge in [0.15, 0.2) is 9.84 Å². The molecule has 0 atom stereocenters. The molecule has 13 heavy (non-hydrogen) atoms. The van der Waals surface area contributed by atoms with Crippen molar-refractivity contribution >= 4 is 20.9 Å². The Morgan fingerprint density at radius 3 is 2.92 bits per heavy atom. The van der Waals surface area contributed by atoms with E-state index in [1.807, 2.05) is 0 Å². The van der Waals surface area contributed by atoms with Crippen LogP contribution in [0, 0.1) is 0 Å². The van der Waals surface area contributed by atoms with Gasteiger partial charge in [-0.2, -0.15) is 0 Å². The maximum atomic E-state index is 11.2. The summed E-state index contributed by atoms with van der Waals surface area (Å²) in [5, 5.41) is 0.532.